The molecule has 2 aromatic heterocycles. The number of hydrogen-bond acceptors (Lipinski definition) is 5. The van der Waals surface area contributed by atoms with Gasteiger partial charge in [-0.2, -0.15) is 0 Å². The van der Waals surface area contributed by atoms with E-state index in [-0.39, 0.29) is 5.63 Å². The fourth-order valence-corrected chi connectivity index (χ4v) is 4.18. The minimum Gasteiger partial charge on any atom is -0.422 e. The molecule has 0 saturated carbocycles. The highest BCUT2D eigenvalue weighted by atomic mass is 32.2. The monoisotopic (exact) mass is 391 g/mol. The van der Waals surface area contributed by atoms with Crippen LogP contribution in [0.2, 0.25) is 0 Å². The number of nitrogens with zero attached hydrogens (tertiary/aromatic N) is 3. The van der Waals surface area contributed by atoms with Gasteiger partial charge in [0.1, 0.15) is 11.4 Å². The van der Waals surface area contributed by atoms with Crippen molar-refractivity contribution in [2.24, 2.45) is 0 Å². The van der Waals surface area contributed by atoms with E-state index in [4.69, 9.17) is 4.42 Å². The van der Waals surface area contributed by atoms with E-state index in [2.05, 4.69) is 33.0 Å². The van der Waals surface area contributed by atoms with E-state index in [9.17, 15) is 4.79 Å². The normalized spacial score (nSPS) is 11.2. The van der Waals surface area contributed by atoms with Crippen molar-refractivity contribution in [2.45, 2.75) is 38.2 Å². The molecule has 28 heavy (non-hydrogen) atoms. The number of aryl methyl sites for hydroxylation is 3. The predicted molar refractivity (Wildman–Crippen MR) is 112 cm³/mol. The van der Waals surface area contributed by atoms with Crippen molar-refractivity contribution < 1.29 is 4.42 Å². The second-order valence-electron chi connectivity index (χ2n) is 6.87. The summed E-state index contributed by atoms with van der Waals surface area (Å²) in [6.45, 7) is 6.68. The number of benzene rings is 2. The Hall–Kier alpha value is -2.86. The van der Waals surface area contributed by atoms with Crippen LogP contribution < -0.4 is 5.63 Å². The molecule has 0 N–H and O–H groups in total. The maximum absolute atomic E-state index is 12.1. The van der Waals surface area contributed by atoms with Gasteiger partial charge in [-0.15, -0.1) is 10.2 Å². The van der Waals surface area contributed by atoms with Gasteiger partial charge in [0.05, 0.1) is 6.54 Å². The molecule has 0 saturated heterocycles. The van der Waals surface area contributed by atoms with Crippen LogP contribution in [0.25, 0.3) is 11.0 Å². The van der Waals surface area contributed by atoms with E-state index < -0.39 is 0 Å². The summed E-state index contributed by atoms with van der Waals surface area (Å²) in [6, 6.07) is 15.9. The number of fused-ring (bicyclic) bond motifs is 1. The third-order valence-corrected chi connectivity index (χ3v) is 5.98. The molecule has 2 heterocycles. The first-order valence-corrected chi connectivity index (χ1v) is 10.1. The lowest BCUT2D eigenvalue weighted by Crippen LogP contribution is -2.05. The van der Waals surface area contributed by atoms with Gasteiger partial charge in [-0.05, 0) is 43.0 Å². The van der Waals surface area contributed by atoms with Gasteiger partial charge in [0.15, 0.2) is 5.16 Å². The largest absolute Gasteiger partial charge is 0.422 e. The lowest BCUT2D eigenvalue weighted by molar-refractivity contribution is 0.557. The molecule has 0 amide bonds. The van der Waals surface area contributed by atoms with E-state index >= 15 is 0 Å². The van der Waals surface area contributed by atoms with Crippen molar-refractivity contribution in [1.29, 1.82) is 0 Å². The summed E-state index contributed by atoms with van der Waals surface area (Å²) in [5.74, 6) is 1.49. The van der Waals surface area contributed by atoms with E-state index in [1.54, 1.807) is 17.8 Å². The minimum absolute atomic E-state index is 0.321. The third-order valence-electron chi connectivity index (χ3n) is 4.96. The topological polar surface area (TPSA) is 60.9 Å². The van der Waals surface area contributed by atoms with E-state index in [1.165, 1.54) is 5.56 Å². The van der Waals surface area contributed by atoms with Crippen LogP contribution in [-0.2, 0) is 12.3 Å². The lowest BCUT2D eigenvalue weighted by atomic mass is 10.0. The van der Waals surface area contributed by atoms with Crippen molar-refractivity contribution in [2.75, 3.05) is 0 Å². The summed E-state index contributed by atoms with van der Waals surface area (Å²) in [6.07, 6.45) is 0. The Balaban J connectivity index is 1.64. The van der Waals surface area contributed by atoms with Crippen LogP contribution in [0.3, 0.4) is 0 Å². The highest BCUT2D eigenvalue weighted by Gasteiger charge is 2.13. The Morgan fingerprint density at radius 1 is 1.04 bits per heavy atom. The Bertz CT molecular complexity index is 1200. The molecule has 4 rings (SSSR count). The van der Waals surface area contributed by atoms with Crippen molar-refractivity contribution >= 4 is 22.7 Å². The Morgan fingerprint density at radius 3 is 2.61 bits per heavy atom. The molecule has 0 atom stereocenters. The van der Waals surface area contributed by atoms with Gasteiger partial charge in [-0.1, -0.05) is 54.2 Å². The zero-order chi connectivity index (χ0) is 19.7. The molecule has 0 spiro atoms. The van der Waals surface area contributed by atoms with Crippen molar-refractivity contribution in [3.63, 3.8) is 0 Å². The van der Waals surface area contributed by atoms with Crippen LogP contribution in [0.1, 0.15) is 28.1 Å². The van der Waals surface area contributed by atoms with Crippen LogP contribution in [0.15, 0.2) is 62.9 Å². The predicted octanol–water partition coefficient (Wildman–Crippen LogP) is 4.65. The maximum Gasteiger partial charge on any atom is 0.336 e. The van der Waals surface area contributed by atoms with Crippen molar-refractivity contribution in [3.05, 3.63) is 87.0 Å². The molecule has 2 aromatic carbocycles. The standard InChI is InChI=1S/C22H21N3O2S/c1-14-9-10-19-18(11-20(26)27-21(19)15(14)2)13-28-22-24-23-16(3)25(22)12-17-7-5-4-6-8-17/h4-11H,12-13H2,1-3H3. The molecular weight excluding hydrogens is 370 g/mol. The molecule has 6 heteroatoms. The maximum atomic E-state index is 12.1. The summed E-state index contributed by atoms with van der Waals surface area (Å²) in [4.78, 5) is 12.1. The van der Waals surface area contributed by atoms with Crippen LogP contribution in [0.5, 0.6) is 0 Å². The second kappa shape index (κ2) is 7.64. The first kappa shape index (κ1) is 18.5. The average Bonchev–Trinajstić information content (AvgIpc) is 3.03. The smallest absolute Gasteiger partial charge is 0.336 e. The van der Waals surface area contributed by atoms with Gasteiger partial charge in [-0.3, -0.25) is 0 Å². The molecule has 0 radical (unpaired) electrons. The Labute approximate surface area is 167 Å². The van der Waals surface area contributed by atoms with Gasteiger partial charge in [0.2, 0.25) is 0 Å². The highest BCUT2D eigenvalue weighted by molar-refractivity contribution is 7.98. The molecule has 142 valence electrons. The molecule has 5 nitrogen and oxygen atoms in total. The first-order valence-electron chi connectivity index (χ1n) is 9.12. The van der Waals surface area contributed by atoms with Crippen molar-refractivity contribution in [1.82, 2.24) is 14.8 Å². The van der Waals surface area contributed by atoms with E-state index in [0.29, 0.717) is 11.3 Å². The SMILES string of the molecule is Cc1ccc2c(CSc3nnc(C)n3Cc3ccccc3)cc(=O)oc2c1C. The Kier molecular flexibility index (Phi) is 5.05. The molecule has 0 unspecified atom stereocenters. The summed E-state index contributed by atoms with van der Waals surface area (Å²) >= 11 is 1.58. The zero-order valence-electron chi connectivity index (χ0n) is 16.1. The quantitative estimate of drug-likeness (QED) is 0.366. The van der Waals surface area contributed by atoms with Crippen LogP contribution in [0, 0.1) is 20.8 Å². The summed E-state index contributed by atoms with van der Waals surface area (Å²) < 4.78 is 7.58. The minimum atomic E-state index is -0.321. The number of rotatable bonds is 5. The molecule has 4 aromatic rings. The average molecular weight is 391 g/mol. The number of aromatic nitrogens is 3. The second-order valence-corrected chi connectivity index (χ2v) is 7.81. The lowest BCUT2D eigenvalue weighted by Gasteiger charge is -2.10. The molecule has 0 bridgehead atoms. The fourth-order valence-electron chi connectivity index (χ4n) is 3.20. The summed E-state index contributed by atoms with van der Waals surface area (Å²) in [5.41, 5.74) is 4.61. The molecule has 0 fully saturated rings. The number of thioether (sulfide) groups is 1. The van der Waals surface area contributed by atoms with Crippen LogP contribution >= 0.6 is 11.8 Å². The first-order chi connectivity index (χ1) is 13.5. The van der Waals surface area contributed by atoms with Gasteiger partial charge < -0.3 is 8.98 Å². The van der Waals surface area contributed by atoms with Gasteiger partial charge in [-0.25, -0.2) is 4.79 Å². The number of hydrogen-bond donors (Lipinski definition) is 0. The van der Waals surface area contributed by atoms with Gasteiger partial charge >= 0.3 is 5.63 Å². The van der Waals surface area contributed by atoms with E-state index in [1.807, 2.05) is 45.0 Å². The molecule has 0 aliphatic rings. The van der Waals surface area contributed by atoms with Crippen LogP contribution in [-0.4, -0.2) is 14.8 Å². The highest BCUT2D eigenvalue weighted by Crippen LogP contribution is 2.28. The third kappa shape index (κ3) is 3.60. The molecule has 0 aliphatic heterocycles. The zero-order valence-corrected chi connectivity index (χ0v) is 16.9. The van der Waals surface area contributed by atoms with Crippen LogP contribution in [0.4, 0.5) is 0 Å². The van der Waals surface area contributed by atoms with Gasteiger partial charge in [0.25, 0.3) is 0 Å². The molecule has 0 aliphatic carbocycles. The summed E-state index contributed by atoms with van der Waals surface area (Å²) in [5, 5.41) is 10.4. The summed E-state index contributed by atoms with van der Waals surface area (Å²) in [7, 11) is 0. The van der Waals surface area contributed by atoms with E-state index in [0.717, 1.165) is 39.6 Å². The molecular formula is C22H21N3O2S. The van der Waals surface area contributed by atoms with Gasteiger partial charge in [0, 0.05) is 17.2 Å². The fraction of sp³-hybridized carbons (Fsp3) is 0.227. The van der Waals surface area contributed by atoms with Crippen molar-refractivity contribution in [3.8, 4) is 0 Å². The Morgan fingerprint density at radius 2 is 1.82 bits per heavy atom.